The minimum absolute atomic E-state index is 0.0104. The van der Waals surface area contributed by atoms with Crippen LogP contribution in [0.15, 0.2) is 35.7 Å². The summed E-state index contributed by atoms with van der Waals surface area (Å²) in [7, 11) is 0. The minimum Gasteiger partial charge on any atom is -0.444 e. The van der Waals surface area contributed by atoms with Crippen LogP contribution < -0.4 is 10.6 Å². The lowest BCUT2D eigenvalue weighted by molar-refractivity contribution is -0.123. The Hall–Kier alpha value is -2.12. The minimum atomic E-state index is -0.847. The van der Waals surface area contributed by atoms with Crippen LogP contribution in [0, 0.1) is 5.82 Å². The van der Waals surface area contributed by atoms with E-state index >= 15 is 0 Å². The molecule has 0 aliphatic heterocycles. The summed E-state index contributed by atoms with van der Waals surface area (Å²) in [5.41, 5.74) is -0.416. The third kappa shape index (κ3) is 6.84. The molecule has 1 atom stereocenters. The van der Waals surface area contributed by atoms with Crippen molar-refractivity contribution < 1.29 is 18.7 Å². The second-order valence-electron chi connectivity index (χ2n) is 6.91. The maximum Gasteiger partial charge on any atom is 0.408 e. The van der Waals surface area contributed by atoms with Crippen molar-refractivity contribution in [3.05, 3.63) is 57.0 Å². The van der Waals surface area contributed by atoms with Gasteiger partial charge in [-0.1, -0.05) is 29.8 Å². The smallest absolute Gasteiger partial charge is 0.408 e. The zero-order chi connectivity index (χ0) is 20.0. The van der Waals surface area contributed by atoms with Crippen molar-refractivity contribution >= 4 is 34.9 Å². The molecule has 146 valence electrons. The lowest BCUT2D eigenvalue weighted by Crippen LogP contribution is -2.49. The van der Waals surface area contributed by atoms with Crippen LogP contribution in [-0.2, 0) is 22.5 Å². The molecule has 0 aliphatic rings. The first-order chi connectivity index (χ1) is 12.7. The first kappa shape index (κ1) is 21.2. The van der Waals surface area contributed by atoms with Gasteiger partial charge in [-0.05, 0) is 38.3 Å². The molecule has 0 saturated heterocycles. The third-order valence-corrected chi connectivity index (χ3v) is 4.67. The summed E-state index contributed by atoms with van der Waals surface area (Å²) in [6.45, 7) is 5.18. The number of rotatable bonds is 6. The number of alkyl carbamates (subject to hydrolysis) is 1. The molecule has 1 heterocycles. The Morgan fingerprint density at radius 1 is 1.26 bits per heavy atom. The van der Waals surface area contributed by atoms with Crippen LogP contribution in [0.3, 0.4) is 0 Å². The van der Waals surface area contributed by atoms with Crippen molar-refractivity contribution in [2.24, 2.45) is 0 Å². The summed E-state index contributed by atoms with van der Waals surface area (Å²) < 4.78 is 19.2. The molecule has 2 rings (SSSR count). The van der Waals surface area contributed by atoms with Gasteiger partial charge in [0.15, 0.2) is 0 Å². The molecular formula is C19H22ClFN2O3S. The molecule has 2 amide bonds. The summed E-state index contributed by atoms with van der Waals surface area (Å²) in [5.74, 6) is -1.01. The molecule has 0 radical (unpaired) electrons. The predicted molar refractivity (Wildman–Crippen MR) is 104 cm³/mol. The van der Waals surface area contributed by atoms with E-state index in [1.165, 1.54) is 23.5 Å². The van der Waals surface area contributed by atoms with Crippen molar-refractivity contribution in [1.82, 2.24) is 10.6 Å². The van der Waals surface area contributed by atoms with Crippen molar-refractivity contribution in [3.63, 3.8) is 0 Å². The molecule has 0 bridgehead atoms. The molecule has 1 aromatic heterocycles. The Balaban J connectivity index is 2.05. The molecule has 0 unspecified atom stereocenters. The van der Waals surface area contributed by atoms with Gasteiger partial charge in [0.25, 0.3) is 0 Å². The summed E-state index contributed by atoms with van der Waals surface area (Å²) in [6, 6.07) is 7.47. The van der Waals surface area contributed by atoms with Crippen molar-refractivity contribution in [1.29, 1.82) is 0 Å². The highest BCUT2D eigenvalue weighted by atomic mass is 35.5. The number of carbonyl (C=O) groups is 2. The fourth-order valence-corrected chi connectivity index (χ4v) is 3.23. The monoisotopic (exact) mass is 412 g/mol. The van der Waals surface area contributed by atoms with E-state index in [1.807, 2.05) is 17.5 Å². The van der Waals surface area contributed by atoms with E-state index in [2.05, 4.69) is 10.6 Å². The van der Waals surface area contributed by atoms with E-state index in [-0.39, 0.29) is 17.1 Å². The Bertz CT molecular complexity index is 791. The normalized spacial score (nSPS) is 12.3. The van der Waals surface area contributed by atoms with Crippen LogP contribution in [0.2, 0.25) is 5.02 Å². The van der Waals surface area contributed by atoms with Gasteiger partial charge in [0, 0.05) is 23.4 Å². The molecular weight excluding hydrogens is 391 g/mol. The number of hydrogen-bond donors (Lipinski definition) is 2. The van der Waals surface area contributed by atoms with Crippen LogP contribution in [0.4, 0.5) is 9.18 Å². The third-order valence-electron chi connectivity index (χ3n) is 3.48. The van der Waals surface area contributed by atoms with Gasteiger partial charge in [0.2, 0.25) is 5.91 Å². The van der Waals surface area contributed by atoms with E-state index in [9.17, 15) is 14.0 Å². The topological polar surface area (TPSA) is 67.4 Å². The molecule has 1 aromatic carbocycles. The summed E-state index contributed by atoms with van der Waals surface area (Å²) in [4.78, 5) is 25.6. The van der Waals surface area contributed by atoms with Gasteiger partial charge in [-0.3, -0.25) is 4.79 Å². The standard InChI is InChI=1S/C19H22ClFN2O3S/c1-19(2,3)26-18(25)23-15(10-13-7-5-9-27-13)17(24)22-11-12-6-4-8-14(20)16(12)21/h4-9,15H,10-11H2,1-3H3,(H,22,24)(H,23,25)/t15-/m0/s1. The fraction of sp³-hybridized carbons (Fsp3) is 0.368. The van der Waals surface area contributed by atoms with Gasteiger partial charge in [0.05, 0.1) is 5.02 Å². The van der Waals surface area contributed by atoms with Crippen LogP contribution in [0.1, 0.15) is 31.2 Å². The first-order valence-corrected chi connectivity index (χ1v) is 9.64. The molecule has 5 nitrogen and oxygen atoms in total. The maximum absolute atomic E-state index is 14.0. The molecule has 8 heteroatoms. The predicted octanol–water partition coefficient (Wildman–Crippen LogP) is 4.29. The number of ether oxygens (including phenoxy) is 1. The van der Waals surface area contributed by atoms with Crippen LogP contribution in [0.25, 0.3) is 0 Å². The number of thiophene rings is 1. The van der Waals surface area contributed by atoms with Gasteiger partial charge >= 0.3 is 6.09 Å². The van der Waals surface area contributed by atoms with Gasteiger partial charge < -0.3 is 15.4 Å². The molecule has 0 saturated carbocycles. The van der Waals surface area contributed by atoms with Gasteiger partial charge in [-0.15, -0.1) is 11.3 Å². The average molecular weight is 413 g/mol. The molecule has 0 fully saturated rings. The molecule has 2 aromatic rings. The van der Waals surface area contributed by atoms with E-state index < -0.39 is 29.5 Å². The lowest BCUT2D eigenvalue weighted by Gasteiger charge is -2.23. The van der Waals surface area contributed by atoms with Crippen LogP contribution in [-0.4, -0.2) is 23.6 Å². The zero-order valence-electron chi connectivity index (χ0n) is 15.3. The Morgan fingerprint density at radius 3 is 2.63 bits per heavy atom. The number of amides is 2. The molecule has 0 spiro atoms. The van der Waals surface area contributed by atoms with E-state index in [0.29, 0.717) is 6.42 Å². The molecule has 0 aliphatic carbocycles. The summed E-state index contributed by atoms with van der Waals surface area (Å²) in [5, 5.41) is 7.11. The second-order valence-corrected chi connectivity index (χ2v) is 8.35. The Kier molecular flexibility index (Phi) is 7.21. The average Bonchev–Trinajstić information content (AvgIpc) is 3.06. The first-order valence-electron chi connectivity index (χ1n) is 8.38. The number of nitrogens with one attached hydrogen (secondary N) is 2. The van der Waals surface area contributed by atoms with Crippen LogP contribution >= 0.6 is 22.9 Å². The molecule has 27 heavy (non-hydrogen) atoms. The highest BCUT2D eigenvalue weighted by molar-refractivity contribution is 7.09. The summed E-state index contributed by atoms with van der Waals surface area (Å²) in [6.07, 6.45) is -0.381. The number of carbonyl (C=O) groups excluding carboxylic acids is 2. The number of benzene rings is 1. The second kappa shape index (κ2) is 9.19. The SMILES string of the molecule is CC(C)(C)OC(=O)N[C@@H](Cc1cccs1)C(=O)NCc1cccc(Cl)c1F. The van der Waals surface area contributed by atoms with Gasteiger partial charge in [-0.2, -0.15) is 0 Å². The van der Waals surface area contributed by atoms with E-state index in [1.54, 1.807) is 26.8 Å². The maximum atomic E-state index is 14.0. The quantitative estimate of drug-likeness (QED) is 0.743. The summed E-state index contributed by atoms with van der Waals surface area (Å²) >= 11 is 7.24. The Morgan fingerprint density at radius 2 is 2.00 bits per heavy atom. The van der Waals surface area contributed by atoms with Gasteiger partial charge in [-0.25, -0.2) is 9.18 Å². The fourth-order valence-electron chi connectivity index (χ4n) is 2.28. The van der Waals surface area contributed by atoms with Crippen molar-refractivity contribution in [2.45, 2.75) is 45.4 Å². The Labute approximate surface area is 166 Å². The molecule has 2 N–H and O–H groups in total. The van der Waals surface area contributed by atoms with Gasteiger partial charge in [0.1, 0.15) is 17.5 Å². The van der Waals surface area contributed by atoms with E-state index in [0.717, 1.165) is 4.88 Å². The largest absolute Gasteiger partial charge is 0.444 e. The zero-order valence-corrected chi connectivity index (χ0v) is 16.9. The van der Waals surface area contributed by atoms with Crippen molar-refractivity contribution in [2.75, 3.05) is 0 Å². The highest BCUT2D eigenvalue weighted by Gasteiger charge is 2.25. The van der Waals surface area contributed by atoms with Crippen molar-refractivity contribution in [3.8, 4) is 0 Å². The number of halogens is 2. The lowest BCUT2D eigenvalue weighted by atomic mass is 10.1. The number of hydrogen-bond acceptors (Lipinski definition) is 4. The van der Waals surface area contributed by atoms with E-state index in [4.69, 9.17) is 16.3 Å². The highest BCUT2D eigenvalue weighted by Crippen LogP contribution is 2.18. The van der Waals surface area contributed by atoms with Crippen LogP contribution in [0.5, 0.6) is 0 Å².